The van der Waals surface area contributed by atoms with Gasteiger partial charge in [-0.2, -0.15) is 0 Å². The number of benzene rings is 1. The Labute approximate surface area is 152 Å². The number of rotatable bonds is 6. The zero-order valence-corrected chi connectivity index (χ0v) is 15.8. The number of esters is 1. The first-order valence-electron chi connectivity index (χ1n) is 7.82. The predicted molar refractivity (Wildman–Crippen MR) is 94.3 cm³/mol. The Hall–Kier alpha value is -0.820. The highest BCUT2D eigenvalue weighted by Crippen LogP contribution is 2.30. The molecule has 5 nitrogen and oxygen atoms in total. The molecule has 0 saturated heterocycles. The van der Waals surface area contributed by atoms with Crippen molar-refractivity contribution in [2.45, 2.75) is 42.5 Å². The van der Waals surface area contributed by atoms with Crippen LogP contribution < -0.4 is 5.32 Å². The normalized spacial score (nSPS) is 17.5. The molecule has 0 aliphatic heterocycles. The fourth-order valence-corrected chi connectivity index (χ4v) is 5.02. The molecule has 0 heterocycles. The van der Waals surface area contributed by atoms with Gasteiger partial charge in [-0.1, -0.05) is 42.5 Å². The number of ether oxygens (including phenoxy) is 1. The smallest absolute Gasteiger partial charge is 0.326 e. The van der Waals surface area contributed by atoms with E-state index in [2.05, 4.69) is 5.32 Å². The van der Waals surface area contributed by atoms with Crippen LogP contribution in [-0.4, -0.2) is 39.3 Å². The van der Waals surface area contributed by atoms with Crippen molar-refractivity contribution in [3.05, 3.63) is 28.2 Å². The van der Waals surface area contributed by atoms with Crippen LogP contribution in [0, 0.1) is 0 Å². The number of carbonyl (C=O) groups excluding carboxylic acids is 1. The maximum Gasteiger partial charge on any atom is 0.326 e. The molecule has 1 saturated carbocycles. The molecule has 0 atom stereocenters. The predicted octanol–water partition coefficient (Wildman–Crippen LogP) is 3.23. The van der Waals surface area contributed by atoms with Crippen molar-refractivity contribution in [3.8, 4) is 0 Å². The Morgan fingerprint density at radius 3 is 2.54 bits per heavy atom. The minimum atomic E-state index is -3.60. The number of hydrogen-bond donors (Lipinski definition) is 1. The van der Waals surface area contributed by atoms with Crippen molar-refractivity contribution in [3.63, 3.8) is 0 Å². The number of sulfone groups is 1. The number of nitrogens with one attached hydrogen (secondary N) is 1. The molecule has 1 aromatic rings. The van der Waals surface area contributed by atoms with Crippen LogP contribution in [0.25, 0.3) is 0 Å². The van der Waals surface area contributed by atoms with Crippen molar-refractivity contribution >= 4 is 39.0 Å². The van der Waals surface area contributed by atoms with Crippen molar-refractivity contribution < 1.29 is 17.9 Å². The molecule has 24 heavy (non-hydrogen) atoms. The Kier molecular flexibility index (Phi) is 6.53. The van der Waals surface area contributed by atoms with E-state index in [1.807, 2.05) is 0 Å². The van der Waals surface area contributed by atoms with Gasteiger partial charge in [-0.05, 0) is 31.0 Å². The Morgan fingerprint density at radius 1 is 1.25 bits per heavy atom. The summed E-state index contributed by atoms with van der Waals surface area (Å²) in [6.07, 6.45) is 4.19. The quantitative estimate of drug-likeness (QED) is 0.750. The van der Waals surface area contributed by atoms with Gasteiger partial charge in [0.05, 0.1) is 22.8 Å². The van der Waals surface area contributed by atoms with Crippen molar-refractivity contribution in [1.29, 1.82) is 0 Å². The van der Waals surface area contributed by atoms with Crippen molar-refractivity contribution in [2.24, 2.45) is 0 Å². The molecule has 0 unspecified atom stereocenters. The third kappa shape index (κ3) is 4.42. The van der Waals surface area contributed by atoms with Crippen LogP contribution in [-0.2, 0) is 19.4 Å². The van der Waals surface area contributed by atoms with Gasteiger partial charge in [-0.25, -0.2) is 8.42 Å². The van der Waals surface area contributed by atoms with Gasteiger partial charge in [0.2, 0.25) is 0 Å². The lowest BCUT2D eigenvalue weighted by Gasteiger charge is -2.35. The highest BCUT2D eigenvalue weighted by Gasteiger charge is 2.40. The van der Waals surface area contributed by atoms with E-state index in [4.69, 9.17) is 27.9 Å². The number of methoxy groups -OCH3 is 1. The van der Waals surface area contributed by atoms with Crippen molar-refractivity contribution in [2.75, 3.05) is 19.4 Å². The van der Waals surface area contributed by atoms with Crippen LogP contribution in [0.15, 0.2) is 23.1 Å². The van der Waals surface area contributed by atoms with Crippen molar-refractivity contribution in [1.82, 2.24) is 5.32 Å². The average molecular weight is 394 g/mol. The van der Waals surface area contributed by atoms with Crippen LogP contribution in [0.1, 0.15) is 32.1 Å². The summed E-state index contributed by atoms with van der Waals surface area (Å²) in [5.41, 5.74) is -0.791. The topological polar surface area (TPSA) is 72.5 Å². The van der Waals surface area contributed by atoms with Gasteiger partial charge in [0.25, 0.3) is 0 Å². The summed E-state index contributed by atoms with van der Waals surface area (Å²) in [5.74, 6) is -0.508. The molecule has 0 radical (unpaired) electrons. The summed E-state index contributed by atoms with van der Waals surface area (Å²) in [6, 6.07) is 4.34. The highest BCUT2D eigenvalue weighted by molar-refractivity contribution is 7.91. The molecule has 1 aliphatic rings. The molecular weight excluding hydrogens is 373 g/mol. The van der Waals surface area contributed by atoms with Gasteiger partial charge in [-0.15, -0.1) is 0 Å². The van der Waals surface area contributed by atoms with Crippen LogP contribution in [0.4, 0.5) is 0 Å². The first-order valence-corrected chi connectivity index (χ1v) is 10.2. The average Bonchev–Trinajstić information content (AvgIpc) is 2.56. The summed E-state index contributed by atoms with van der Waals surface area (Å²) >= 11 is 11.8. The van der Waals surface area contributed by atoms with E-state index in [9.17, 15) is 13.2 Å². The van der Waals surface area contributed by atoms with E-state index in [0.29, 0.717) is 17.9 Å². The number of hydrogen-bond acceptors (Lipinski definition) is 5. The van der Waals surface area contributed by atoms with Crippen LogP contribution >= 0.6 is 23.2 Å². The molecule has 0 spiro atoms. The molecule has 0 amide bonds. The summed E-state index contributed by atoms with van der Waals surface area (Å²) in [5, 5.41) is 3.56. The van der Waals surface area contributed by atoms with E-state index >= 15 is 0 Å². The first kappa shape index (κ1) is 19.5. The van der Waals surface area contributed by atoms with Gasteiger partial charge in [-0.3, -0.25) is 4.79 Å². The largest absolute Gasteiger partial charge is 0.468 e. The standard InChI is InChI=1S/C16H21Cl2NO4S/c1-23-15(20)16(7-3-2-4-8-16)19-9-10-24(21,22)14-11-12(17)5-6-13(14)18/h5-6,11,19H,2-4,7-10H2,1H3. The fraction of sp³-hybridized carbons (Fsp3) is 0.562. The molecule has 1 aromatic carbocycles. The van der Waals surface area contributed by atoms with Crippen LogP contribution in [0.2, 0.25) is 10.0 Å². The molecule has 1 fully saturated rings. The first-order chi connectivity index (χ1) is 11.3. The maximum absolute atomic E-state index is 12.5. The second-order valence-electron chi connectivity index (χ2n) is 5.95. The molecule has 0 bridgehead atoms. The van der Waals surface area contributed by atoms with Gasteiger partial charge in [0, 0.05) is 11.6 Å². The van der Waals surface area contributed by atoms with Gasteiger partial charge in [0.15, 0.2) is 9.84 Å². The lowest BCUT2D eigenvalue weighted by molar-refractivity contribution is -0.150. The van der Waals surface area contributed by atoms with E-state index in [1.54, 1.807) is 0 Å². The van der Waals surface area contributed by atoms with E-state index in [0.717, 1.165) is 19.3 Å². The second kappa shape index (κ2) is 8.04. The molecule has 1 N–H and O–H groups in total. The molecule has 1 aliphatic carbocycles. The maximum atomic E-state index is 12.5. The van der Waals surface area contributed by atoms with Gasteiger partial charge >= 0.3 is 5.97 Å². The highest BCUT2D eigenvalue weighted by atomic mass is 35.5. The van der Waals surface area contributed by atoms with E-state index in [1.165, 1.54) is 25.3 Å². The lowest BCUT2D eigenvalue weighted by Crippen LogP contribution is -2.55. The minimum Gasteiger partial charge on any atom is -0.468 e. The third-order valence-corrected chi connectivity index (χ3v) is 6.77. The monoisotopic (exact) mass is 393 g/mol. The number of carbonyl (C=O) groups is 1. The second-order valence-corrected chi connectivity index (χ2v) is 8.88. The van der Waals surface area contributed by atoms with Gasteiger partial charge < -0.3 is 10.1 Å². The lowest BCUT2D eigenvalue weighted by atomic mass is 9.81. The summed E-state index contributed by atoms with van der Waals surface area (Å²) in [4.78, 5) is 12.1. The number of halogens is 2. The Bertz CT molecular complexity index is 700. The minimum absolute atomic E-state index is 0.00855. The zero-order chi connectivity index (χ0) is 17.8. The van der Waals surface area contributed by atoms with Gasteiger partial charge in [0.1, 0.15) is 5.54 Å². The van der Waals surface area contributed by atoms with E-state index < -0.39 is 15.4 Å². The third-order valence-electron chi connectivity index (χ3n) is 4.35. The van der Waals surface area contributed by atoms with Crippen LogP contribution in [0.3, 0.4) is 0 Å². The molecule has 2 rings (SSSR count). The SMILES string of the molecule is COC(=O)C1(NCCS(=O)(=O)c2cc(Cl)ccc2Cl)CCCCC1. The van der Waals surface area contributed by atoms with Crippen LogP contribution in [0.5, 0.6) is 0 Å². The Morgan fingerprint density at radius 2 is 1.92 bits per heavy atom. The Balaban J connectivity index is 2.08. The summed E-state index contributed by atoms with van der Waals surface area (Å²) in [6.45, 7) is 0.139. The molecule has 0 aromatic heterocycles. The molecular formula is C16H21Cl2NO4S. The molecule has 134 valence electrons. The van der Waals surface area contributed by atoms with E-state index in [-0.39, 0.29) is 28.2 Å². The summed E-state index contributed by atoms with van der Waals surface area (Å²) in [7, 11) is -2.25. The fourth-order valence-electron chi connectivity index (χ4n) is 3.05. The zero-order valence-electron chi connectivity index (χ0n) is 13.5. The summed E-state index contributed by atoms with van der Waals surface area (Å²) < 4.78 is 29.9. The molecule has 8 heteroatoms.